The molecule has 0 saturated carbocycles. The van der Waals surface area contributed by atoms with Crippen LogP contribution in [0, 0.1) is 17.1 Å². The number of aromatic nitrogens is 3. The van der Waals surface area contributed by atoms with Crippen LogP contribution < -0.4 is 10.6 Å². The van der Waals surface area contributed by atoms with Gasteiger partial charge in [0, 0.05) is 29.1 Å². The predicted octanol–water partition coefficient (Wildman–Crippen LogP) is 5.11. The van der Waals surface area contributed by atoms with Gasteiger partial charge in [0.25, 0.3) is 5.91 Å². The Bertz CT molecular complexity index is 1370. The van der Waals surface area contributed by atoms with Gasteiger partial charge in [-0.25, -0.2) is 14.4 Å². The van der Waals surface area contributed by atoms with Crippen molar-refractivity contribution < 1.29 is 9.18 Å². The number of nitrogens with zero attached hydrogens (tertiary/aromatic N) is 4. The standard InChI is InChI=1S/C25H19FN6O/c1-2-22-17(13-27)7-8-23(31-22)32-24-12-16(9-10-29-24)25(33)30-19-11-18(14-28-15-19)20-5-3-4-6-21(20)26/h3-12,14-15H,2H2,1H3,(H,30,33)(H,29,31,32). The van der Waals surface area contributed by atoms with Gasteiger partial charge in [-0.3, -0.25) is 9.78 Å². The van der Waals surface area contributed by atoms with Crippen LogP contribution in [0.2, 0.25) is 0 Å². The van der Waals surface area contributed by atoms with E-state index in [9.17, 15) is 9.18 Å². The van der Waals surface area contributed by atoms with Crippen LogP contribution in [0.25, 0.3) is 11.1 Å². The molecule has 8 heteroatoms. The lowest BCUT2D eigenvalue weighted by molar-refractivity contribution is 0.102. The predicted molar refractivity (Wildman–Crippen MR) is 123 cm³/mol. The van der Waals surface area contributed by atoms with Crippen LogP contribution in [0.4, 0.5) is 21.7 Å². The molecule has 2 N–H and O–H groups in total. The summed E-state index contributed by atoms with van der Waals surface area (Å²) in [6.45, 7) is 1.92. The van der Waals surface area contributed by atoms with E-state index in [2.05, 4.69) is 31.7 Å². The SMILES string of the molecule is CCc1nc(Nc2cc(C(=O)Nc3cncc(-c4ccccc4F)c3)ccn2)ccc1C#N. The minimum atomic E-state index is -0.366. The first-order chi connectivity index (χ1) is 16.1. The summed E-state index contributed by atoms with van der Waals surface area (Å²) in [4.78, 5) is 25.6. The Kier molecular flexibility index (Phi) is 6.32. The molecule has 0 fully saturated rings. The van der Waals surface area contributed by atoms with Gasteiger partial charge in [-0.15, -0.1) is 0 Å². The minimum absolute atomic E-state index is 0.365. The number of aryl methyl sites for hydroxylation is 1. The van der Waals surface area contributed by atoms with Gasteiger partial charge >= 0.3 is 0 Å². The van der Waals surface area contributed by atoms with Crippen molar-refractivity contribution in [2.45, 2.75) is 13.3 Å². The minimum Gasteiger partial charge on any atom is -0.325 e. The molecule has 162 valence electrons. The topological polar surface area (TPSA) is 104 Å². The second kappa shape index (κ2) is 9.66. The average molecular weight is 438 g/mol. The normalized spacial score (nSPS) is 10.3. The lowest BCUT2D eigenvalue weighted by Gasteiger charge is -2.10. The lowest BCUT2D eigenvalue weighted by atomic mass is 10.1. The first-order valence-corrected chi connectivity index (χ1v) is 10.2. The quantitative estimate of drug-likeness (QED) is 0.434. The Labute approximate surface area is 190 Å². The molecule has 0 saturated heterocycles. The Balaban J connectivity index is 1.51. The molecule has 0 aliphatic carbocycles. The zero-order valence-electron chi connectivity index (χ0n) is 17.7. The van der Waals surface area contributed by atoms with E-state index in [0.29, 0.717) is 51.7 Å². The molecule has 1 amide bonds. The summed E-state index contributed by atoms with van der Waals surface area (Å²) >= 11 is 0. The van der Waals surface area contributed by atoms with Gasteiger partial charge in [-0.2, -0.15) is 5.26 Å². The highest BCUT2D eigenvalue weighted by Gasteiger charge is 2.11. The number of hydrogen-bond acceptors (Lipinski definition) is 6. The van der Waals surface area contributed by atoms with Gasteiger partial charge in [0.2, 0.25) is 0 Å². The molecule has 0 bridgehead atoms. The molecule has 0 aliphatic rings. The fraction of sp³-hybridized carbons (Fsp3) is 0.0800. The number of halogens is 1. The zero-order chi connectivity index (χ0) is 23.2. The van der Waals surface area contributed by atoms with Gasteiger partial charge in [-0.1, -0.05) is 25.1 Å². The number of nitrogens with one attached hydrogen (secondary N) is 2. The molecule has 4 aromatic rings. The summed E-state index contributed by atoms with van der Waals surface area (Å²) in [5.41, 5.74) is 2.97. The Hall–Kier alpha value is -4.64. The van der Waals surface area contributed by atoms with Crippen LogP contribution in [-0.2, 0) is 6.42 Å². The van der Waals surface area contributed by atoms with E-state index >= 15 is 0 Å². The molecule has 0 atom stereocenters. The maximum absolute atomic E-state index is 14.1. The first-order valence-electron chi connectivity index (χ1n) is 10.2. The molecule has 33 heavy (non-hydrogen) atoms. The molecule has 3 aromatic heterocycles. The molecule has 7 nitrogen and oxygen atoms in total. The summed E-state index contributed by atoms with van der Waals surface area (Å²) < 4.78 is 14.1. The first kappa shape index (κ1) is 21.6. The maximum Gasteiger partial charge on any atom is 0.255 e. The lowest BCUT2D eigenvalue weighted by Crippen LogP contribution is -2.13. The number of carbonyl (C=O) groups is 1. The van der Waals surface area contributed by atoms with Crippen LogP contribution in [-0.4, -0.2) is 20.9 Å². The van der Waals surface area contributed by atoms with Crippen molar-refractivity contribution in [2.75, 3.05) is 10.6 Å². The second-order valence-corrected chi connectivity index (χ2v) is 7.11. The van der Waals surface area contributed by atoms with Crippen molar-refractivity contribution >= 4 is 23.2 Å². The number of hydrogen-bond donors (Lipinski definition) is 2. The molecule has 1 aromatic carbocycles. The highest BCUT2D eigenvalue weighted by molar-refractivity contribution is 6.04. The molecule has 0 radical (unpaired) electrons. The number of rotatable bonds is 6. The van der Waals surface area contributed by atoms with Crippen molar-refractivity contribution in [3.63, 3.8) is 0 Å². The van der Waals surface area contributed by atoms with Crippen molar-refractivity contribution in [3.05, 3.63) is 95.8 Å². The summed E-state index contributed by atoms with van der Waals surface area (Å²) in [5, 5.41) is 15.0. The molecule has 4 rings (SSSR count). The number of nitriles is 1. The van der Waals surface area contributed by atoms with Crippen molar-refractivity contribution in [1.29, 1.82) is 5.26 Å². The third kappa shape index (κ3) is 4.99. The number of carbonyl (C=O) groups excluding carboxylic acids is 1. The van der Waals surface area contributed by atoms with Gasteiger partial charge in [0.1, 0.15) is 23.5 Å². The average Bonchev–Trinajstić information content (AvgIpc) is 2.84. The highest BCUT2D eigenvalue weighted by atomic mass is 19.1. The Morgan fingerprint density at radius 3 is 2.73 bits per heavy atom. The molecule has 0 spiro atoms. The van der Waals surface area contributed by atoms with E-state index in [1.165, 1.54) is 24.7 Å². The van der Waals surface area contributed by atoms with Crippen molar-refractivity contribution in [3.8, 4) is 17.2 Å². The van der Waals surface area contributed by atoms with Crippen LogP contribution in [0.1, 0.15) is 28.5 Å². The zero-order valence-corrected chi connectivity index (χ0v) is 17.7. The fourth-order valence-corrected chi connectivity index (χ4v) is 3.27. The van der Waals surface area contributed by atoms with E-state index in [-0.39, 0.29) is 11.7 Å². The maximum atomic E-state index is 14.1. The molecule has 3 heterocycles. The Morgan fingerprint density at radius 2 is 1.94 bits per heavy atom. The fourth-order valence-electron chi connectivity index (χ4n) is 3.27. The highest BCUT2D eigenvalue weighted by Crippen LogP contribution is 2.24. The third-order valence-corrected chi connectivity index (χ3v) is 4.89. The van der Waals surface area contributed by atoms with Gasteiger partial charge in [-0.05, 0) is 42.8 Å². The smallest absolute Gasteiger partial charge is 0.255 e. The number of amides is 1. The van der Waals surface area contributed by atoms with E-state index in [1.54, 1.807) is 48.5 Å². The van der Waals surface area contributed by atoms with E-state index in [0.717, 1.165) is 0 Å². The molecular weight excluding hydrogens is 419 g/mol. The molecule has 0 unspecified atom stereocenters. The largest absolute Gasteiger partial charge is 0.325 e. The van der Waals surface area contributed by atoms with E-state index < -0.39 is 0 Å². The van der Waals surface area contributed by atoms with Crippen LogP contribution in [0.5, 0.6) is 0 Å². The third-order valence-electron chi connectivity index (χ3n) is 4.89. The van der Waals surface area contributed by atoms with Gasteiger partial charge < -0.3 is 10.6 Å². The summed E-state index contributed by atoms with van der Waals surface area (Å²) in [6, 6.07) is 16.7. The summed E-state index contributed by atoms with van der Waals surface area (Å²) in [7, 11) is 0. The Morgan fingerprint density at radius 1 is 1.09 bits per heavy atom. The van der Waals surface area contributed by atoms with Crippen LogP contribution >= 0.6 is 0 Å². The van der Waals surface area contributed by atoms with Crippen LogP contribution in [0.15, 0.2) is 73.2 Å². The number of pyridine rings is 3. The summed E-state index contributed by atoms with van der Waals surface area (Å²) in [5.74, 6) is 0.225. The van der Waals surface area contributed by atoms with Gasteiger partial charge in [0.05, 0.1) is 23.1 Å². The van der Waals surface area contributed by atoms with Crippen molar-refractivity contribution in [1.82, 2.24) is 15.0 Å². The monoisotopic (exact) mass is 438 g/mol. The van der Waals surface area contributed by atoms with Gasteiger partial charge in [0.15, 0.2) is 0 Å². The van der Waals surface area contributed by atoms with Crippen molar-refractivity contribution in [2.24, 2.45) is 0 Å². The van der Waals surface area contributed by atoms with E-state index in [4.69, 9.17) is 5.26 Å². The number of anilines is 3. The summed E-state index contributed by atoms with van der Waals surface area (Å²) in [6.07, 6.45) is 5.16. The second-order valence-electron chi connectivity index (χ2n) is 7.11. The van der Waals surface area contributed by atoms with E-state index in [1.807, 2.05) is 6.92 Å². The number of benzene rings is 1. The molecule has 0 aliphatic heterocycles. The van der Waals surface area contributed by atoms with Crippen LogP contribution in [0.3, 0.4) is 0 Å². The molecular formula is C25H19FN6O.